The number of rotatable bonds is 2. The van der Waals surface area contributed by atoms with Crippen LogP contribution in [0.2, 0.25) is 0 Å². The Balaban J connectivity index is 1.45. The topological polar surface area (TPSA) is 70.2 Å². The second-order valence-corrected chi connectivity index (χ2v) is 7.27. The predicted molar refractivity (Wildman–Crippen MR) is 110 cm³/mol. The molecule has 0 atom stereocenters. The Morgan fingerprint density at radius 3 is 2.41 bits per heavy atom. The number of amides is 3. The summed E-state index contributed by atoms with van der Waals surface area (Å²) in [5.41, 5.74) is 6.59. The van der Waals surface area contributed by atoms with E-state index in [9.17, 15) is 9.59 Å². The van der Waals surface area contributed by atoms with Crippen LogP contribution in [-0.4, -0.2) is 11.9 Å². The Bertz CT molecular complexity index is 1150. The lowest BCUT2D eigenvalue weighted by molar-refractivity contribution is 0.0942. The number of urea groups is 1. The number of carbonyl (C=O) groups is 2. The number of nitrogens with one attached hydrogen (secondary N) is 3. The molecule has 0 saturated heterocycles. The second-order valence-electron chi connectivity index (χ2n) is 6.21. The van der Waals surface area contributed by atoms with Crippen molar-refractivity contribution in [2.45, 2.75) is 6.92 Å². The van der Waals surface area contributed by atoms with Crippen LogP contribution in [0.3, 0.4) is 0 Å². The van der Waals surface area contributed by atoms with E-state index < -0.39 is 6.03 Å². The van der Waals surface area contributed by atoms with Gasteiger partial charge < -0.3 is 5.32 Å². The fourth-order valence-electron chi connectivity index (χ4n) is 2.85. The molecule has 4 rings (SSSR count). The Kier molecular flexibility index (Phi) is 4.48. The highest BCUT2D eigenvalue weighted by Gasteiger charge is 2.13. The normalized spacial score (nSPS) is 10.7. The van der Waals surface area contributed by atoms with Crippen molar-refractivity contribution in [3.05, 3.63) is 77.2 Å². The van der Waals surface area contributed by atoms with E-state index in [2.05, 4.69) is 16.2 Å². The highest BCUT2D eigenvalue weighted by molar-refractivity contribution is 7.21. The molecule has 0 spiro atoms. The number of hydrazine groups is 1. The van der Waals surface area contributed by atoms with E-state index in [1.807, 2.05) is 61.5 Å². The molecule has 27 heavy (non-hydrogen) atoms. The molecule has 0 unspecified atom stereocenters. The van der Waals surface area contributed by atoms with E-state index in [1.165, 1.54) is 11.3 Å². The van der Waals surface area contributed by atoms with Gasteiger partial charge in [-0.25, -0.2) is 10.2 Å². The maximum absolute atomic E-state index is 12.4. The number of benzene rings is 3. The van der Waals surface area contributed by atoms with E-state index >= 15 is 0 Å². The van der Waals surface area contributed by atoms with Crippen LogP contribution in [0.4, 0.5) is 10.5 Å². The van der Waals surface area contributed by atoms with Crippen LogP contribution in [0.5, 0.6) is 0 Å². The van der Waals surface area contributed by atoms with E-state index in [-0.39, 0.29) is 5.91 Å². The molecule has 0 fully saturated rings. The molecule has 3 N–H and O–H groups in total. The van der Waals surface area contributed by atoms with Crippen molar-refractivity contribution in [2.24, 2.45) is 0 Å². The summed E-state index contributed by atoms with van der Waals surface area (Å²) in [6, 6.07) is 20.8. The molecule has 3 aromatic carbocycles. The van der Waals surface area contributed by atoms with Crippen LogP contribution < -0.4 is 16.2 Å². The van der Waals surface area contributed by atoms with Gasteiger partial charge in [0.05, 0.1) is 4.88 Å². The smallest absolute Gasteiger partial charge is 0.307 e. The third-order valence-corrected chi connectivity index (χ3v) is 5.41. The minimum Gasteiger partial charge on any atom is -0.307 e. The van der Waals surface area contributed by atoms with E-state index in [4.69, 9.17) is 0 Å². The number of thiophene rings is 1. The highest BCUT2D eigenvalue weighted by Crippen LogP contribution is 2.32. The van der Waals surface area contributed by atoms with Gasteiger partial charge in [0.15, 0.2) is 0 Å². The van der Waals surface area contributed by atoms with Gasteiger partial charge in [0.1, 0.15) is 0 Å². The third-order valence-electron chi connectivity index (χ3n) is 4.23. The average Bonchev–Trinajstić information content (AvgIpc) is 3.13. The predicted octanol–water partition coefficient (Wildman–Crippen LogP) is 4.83. The fourth-order valence-corrected chi connectivity index (χ4v) is 3.94. The Morgan fingerprint density at radius 1 is 0.852 bits per heavy atom. The summed E-state index contributed by atoms with van der Waals surface area (Å²) in [5, 5.41) is 5.92. The maximum Gasteiger partial charge on any atom is 0.337 e. The van der Waals surface area contributed by atoms with E-state index in [0.717, 1.165) is 26.4 Å². The highest BCUT2D eigenvalue weighted by atomic mass is 32.1. The number of hydrogen-bond donors (Lipinski definition) is 3. The van der Waals surface area contributed by atoms with Crippen molar-refractivity contribution in [3.8, 4) is 0 Å². The van der Waals surface area contributed by atoms with Crippen LogP contribution in [0, 0.1) is 6.92 Å². The summed E-state index contributed by atoms with van der Waals surface area (Å²) in [7, 11) is 0. The summed E-state index contributed by atoms with van der Waals surface area (Å²) in [6.07, 6.45) is 0. The summed E-state index contributed by atoms with van der Waals surface area (Å²) >= 11 is 1.41. The van der Waals surface area contributed by atoms with E-state index in [0.29, 0.717) is 10.6 Å². The molecular formula is C21H17N3O2S. The van der Waals surface area contributed by atoms with Crippen molar-refractivity contribution in [1.82, 2.24) is 10.9 Å². The van der Waals surface area contributed by atoms with Crippen LogP contribution >= 0.6 is 11.3 Å². The van der Waals surface area contributed by atoms with Crippen LogP contribution in [0.1, 0.15) is 15.2 Å². The molecule has 1 heterocycles. The fraction of sp³-hybridized carbons (Fsp3) is 0.0476. The molecule has 3 amide bonds. The van der Waals surface area contributed by atoms with Crippen molar-refractivity contribution >= 4 is 49.8 Å². The average molecular weight is 375 g/mol. The van der Waals surface area contributed by atoms with Crippen molar-refractivity contribution < 1.29 is 9.59 Å². The third kappa shape index (κ3) is 3.61. The molecule has 0 aliphatic heterocycles. The quantitative estimate of drug-likeness (QED) is 0.439. The minimum absolute atomic E-state index is 0.348. The largest absolute Gasteiger partial charge is 0.337 e. The summed E-state index contributed by atoms with van der Waals surface area (Å²) < 4.78 is 1.06. The lowest BCUT2D eigenvalue weighted by Crippen LogP contribution is -2.43. The molecule has 6 heteroatoms. The Morgan fingerprint density at radius 2 is 1.59 bits per heavy atom. The zero-order valence-corrected chi connectivity index (χ0v) is 15.4. The van der Waals surface area contributed by atoms with Gasteiger partial charge in [-0.2, -0.15) is 0 Å². The minimum atomic E-state index is -0.501. The molecule has 5 nitrogen and oxygen atoms in total. The van der Waals surface area contributed by atoms with Gasteiger partial charge in [-0.1, -0.05) is 54.1 Å². The van der Waals surface area contributed by atoms with Crippen LogP contribution in [0.15, 0.2) is 66.7 Å². The summed E-state index contributed by atoms with van der Waals surface area (Å²) in [6.45, 7) is 1.97. The SMILES string of the molecule is Cc1ccc(NC(=O)NNC(=O)c2cc3ccc4ccccc4c3s2)cc1. The number of aryl methyl sites for hydroxylation is 1. The van der Waals surface area contributed by atoms with E-state index in [1.54, 1.807) is 12.1 Å². The van der Waals surface area contributed by atoms with Gasteiger partial charge in [0.25, 0.3) is 5.91 Å². The van der Waals surface area contributed by atoms with Crippen molar-refractivity contribution in [1.29, 1.82) is 0 Å². The van der Waals surface area contributed by atoms with Crippen LogP contribution in [-0.2, 0) is 0 Å². The summed E-state index contributed by atoms with van der Waals surface area (Å²) in [4.78, 5) is 24.9. The lowest BCUT2D eigenvalue weighted by atomic mass is 10.1. The second kappa shape index (κ2) is 7.09. The standard InChI is InChI=1S/C21H17N3O2S/c1-13-6-10-16(11-7-13)22-21(26)24-23-20(25)18-12-15-9-8-14-4-2-3-5-17(14)19(15)27-18/h2-12H,1H3,(H,23,25)(H2,22,24,26). The molecule has 0 aliphatic carbocycles. The van der Waals surface area contributed by atoms with Gasteiger partial charge in [-0.05, 0) is 41.3 Å². The van der Waals surface area contributed by atoms with Gasteiger partial charge >= 0.3 is 6.03 Å². The molecule has 134 valence electrons. The molecule has 0 aliphatic rings. The molecular weight excluding hydrogens is 358 g/mol. The Labute approximate surface area is 160 Å². The van der Waals surface area contributed by atoms with Gasteiger partial charge in [-0.3, -0.25) is 10.2 Å². The van der Waals surface area contributed by atoms with Crippen LogP contribution in [0.25, 0.3) is 20.9 Å². The van der Waals surface area contributed by atoms with Gasteiger partial charge in [-0.15, -0.1) is 11.3 Å². The first-order chi connectivity index (χ1) is 13.1. The van der Waals surface area contributed by atoms with Crippen molar-refractivity contribution in [2.75, 3.05) is 5.32 Å². The number of fused-ring (bicyclic) bond motifs is 3. The van der Waals surface area contributed by atoms with Gasteiger partial charge in [0.2, 0.25) is 0 Å². The zero-order chi connectivity index (χ0) is 18.8. The summed E-state index contributed by atoms with van der Waals surface area (Å²) in [5.74, 6) is -0.348. The molecule has 0 bridgehead atoms. The molecule has 0 radical (unpaired) electrons. The van der Waals surface area contributed by atoms with Gasteiger partial charge in [0, 0.05) is 10.4 Å². The van der Waals surface area contributed by atoms with Crippen molar-refractivity contribution in [3.63, 3.8) is 0 Å². The molecule has 1 aromatic heterocycles. The lowest BCUT2D eigenvalue weighted by Gasteiger charge is -2.08. The first kappa shape index (κ1) is 17.1. The first-order valence-electron chi connectivity index (χ1n) is 8.45. The number of carbonyl (C=O) groups excluding carboxylic acids is 2. The monoisotopic (exact) mass is 375 g/mol. The first-order valence-corrected chi connectivity index (χ1v) is 9.27. The number of hydrogen-bond acceptors (Lipinski definition) is 3. The zero-order valence-electron chi connectivity index (χ0n) is 14.6. The maximum atomic E-state index is 12.4. The Hall–Kier alpha value is -3.38. The molecule has 4 aromatic rings. The molecule has 0 saturated carbocycles. The number of anilines is 1.